The highest BCUT2D eigenvalue weighted by atomic mass is 16.7. The summed E-state index contributed by atoms with van der Waals surface area (Å²) in [5.74, 6) is 2.16. The maximum absolute atomic E-state index is 12.7. The molecule has 0 amide bonds. The highest BCUT2D eigenvalue weighted by molar-refractivity contribution is 5.98. The van der Waals surface area contributed by atoms with E-state index in [1.807, 2.05) is 12.1 Å². The molecule has 27 heavy (non-hydrogen) atoms. The number of likely N-dealkylation sites (tertiary alicyclic amines) is 1. The first kappa shape index (κ1) is 15.2. The van der Waals surface area contributed by atoms with E-state index in [-0.39, 0.29) is 31.5 Å². The Morgan fingerprint density at radius 3 is 2.96 bits per heavy atom. The van der Waals surface area contributed by atoms with E-state index in [9.17, 15) is 4.79 Å². The molecule has 4 heterocycles. The molecule has 0 radical (unpaired) electrons. The Morgan fingerprint density at radius 2 is 2.04 bits per heavy atom. The summed E-state index contributed by atoms with van der Waals surface area (Å²) in [5, 5.41) is 0. The normalized spacial score (nSPS) is 30.2. The predicted molar refractivity (Wildman–Crippen MR) is 90.9 cm³/mol. The third-order valence-corrected chi connectivity index (χ3v) is 5.89. The van der Waals surface area contributed by atoms with Crippen LogP contribution in [0.15, 0.2) is 41.0 Å². The van der Waals surface area contributed by atoms with Crippen LogP contribution in [-0.2, 0) is 14.2 Å². The summed E-state index contributed by atoms with van der Waals surface area (Å²) in [4.78, 5) is 14.9. The van der Waals surface area contributed by atoms with Crippen LogP contribution in [0, 0.1) is 5.92 Å². The summed E-state index contributed by atoms with van der Waals surface area (Å²) < 4.78 is 27.9. The molecule has 4 aliphatic heterocycles. The second kappa shape index (κ2) is 5.31. The van der Waals surface area contributed by atoms with Gasteiger partial charge in [-0.25, -0.2) is 4.79 Å². The molecule has 0 aromatic heterocycles. The Morgan fingerprint density at radius 1 is 1.15 bits per heavy atom. The number of ether oxygens (including phenoxy) is 5. The number of carbonyl (C=O) groups is 1. The molecule has 5 aliphatic rings. The van der Waals surface area contributed by atoms with Crippen LogP contribution in [0.5, 0.6) is 11.5 Å². The van der Waals surface area contributed by atoms with E-state index in [1.165, 1.54) is 0 Å². The van der Waals surface area contributed by atoms with Crippen LogP contribution in [0.25, 0.3) is 0 Å². The first-order valence-corrected chi connectivity index (χ1v) is 9.02. The van der Waals surface area contributed by atoms with Crippen molar-refractivity contribution in [1.82, 2.24) is 4.90 Å². The van der Waals surface area contributed by atoms with Crippen molar-refractivity contribution >= 4 is 5.97 Å². The molecule has 138 valence electrons. The summed E-state index contributed by atoms with van der Waals surface area (Å²) in [7, 11) is 2.06. The molecule has 0 N–H and O–H groups in total. The predicted octanol–water partition coefficient (Wildman–Crippen LogP) is 2.26. The fraction of sp³-hybridized carbons (Fsp3) is 0.400. The largest absolute Gasteiger partial charge is 0.454 e. The van der Waals surface area contributed by atoms with Crippen molar-refractivity contribution in [1.29, 1.82) is 0 Å². The van der Waals surface area contributed by atoms with Crippen LogP contribution in [0.4, 0.5) is 0 Å². The smallest absolute Gasteiger partial charge is 0.343 e. The second-order valence-electron chi connectivity index (χ2n) is 7.25. The zero-order valence-electron chi connectivity index (χ0n) is 14.7. The monoisotopic (exact) mass is 367 g/mol. The lowest BCUT2D eigenvalue weighted by molar-refractivity contribution is -0.000153. The van der Waals surface area contributed by atoms with Gasteiger partial charge in [0.2, 0.25) is 19.3 Å². The average Bonchev–Trinajstić information content (AvgIpc) is 3.38. The van der Waals surface area contributed by atoms with Crippen molar-refractivity contribution in [2.75, 3.05) is 27.2 Å². The number of benzene rings is 1. The van der Waals surface area contributed by atoms with Gasteiger partial charge in [0, 0.05) is 18.0 Å². The van der Waals surface area contributed by atoms with E-state index in [0.717, 1.165) is 29.9 Å². The summed E-state index contributed by atoms with van der Waals surface area (Å²) in [6.07, 6.45) is 2.57. The lowest BCUT2D eigenvalue weighted by Gasteiger charge is -2.42. The number of carbonyl (C=O) groups excluding carboxylic acids is 1. The molecule has 1 unspecified atom stereocenters. The van der Waals surface area contributed by atoms with E-state index in [4.69, 9.17) is 23.7 Å². The summed E-state index contributed by atoms with van der Waals surface area (Å²) in [5.41, 5.74) is 5.87. The third kappa shape index (κ3) is 2.04. The number of fused-ring (bicyclic) bond motifs is 5. The molecular weight excluding hydrogens is 350 g/mol. The molecule has 6 rings (SSSR count). The summed E-state index contributed by atoms with van der Waals surface area (Å²) >= 11 is 0. The van der Waals surface area contributed by atoms with Gasteiger partial charge >= 0.3 is 5.97 Å². The van der Waals surface area contributed by atoms with E-state index in [2.05, 4.69) is 23.8 Å². The topological polar surface area (TPSA) is 66.5 Å². The van der Waals surface area contributed by atoms with Gasteiger partial charge < -0.3 is 23.7 Å². The van der Waals surface area contributed by atoms with Gasteiger partial charge in [0.15, 0.2) is 17.3 Å². The molecule has 7 heteroatoms. The molecule has 0 bridgehead atoms. The number of hydrogen-bond donors (Lipinski definition) is 0. The van der Waals surface area contributed by atoms with Crippen molar-refractivity contribution in [3.05, 3.63) is 52.2 Å². The molecule has 7 nitrogen and oxygen atoms in total. The minimum Gasteiger partial charge on any atom is -0.454 e. The van der Waals surface area contributed by atoms with Gasteiger partial charge in [-0.1, -0.05) is 11.8 Å². The van der Waals surface area contributed by atoms with Crippen molar-refractivity contribution in [2.45, 2.75) is 18.6 Å². The van der Waals surface area contributed by atoms with Crippen LogP contribution in [0.2, 0.25) is 0 Å². The standard InChI is InChI=1S/C20H17NO6/c1-21-5-4-10-6-14-15(25-8-24-14)7-12(10)17(21)18-11-2-3-13-19(26-9-23-13)16(11)20(22)27-18/h2-3,7,12,17-18H,4-5,8-9H2,1H3/t12?,17-,18+/m0/s1. The fourth-order valence-corrected chi connectivity index (χ4v) is 4.60. The van der Waals surface area contributed by atoms with E-state index in [1.54, 1.807) is 0 Å². The minimum atomic E-state index is -0.394. The summed E-state index contributed by atoms with van der Waals surface area (Å²) in [6, 6.07) is 3.71. The number of rotatable bonds is 1. The first-order valence-electron chi connectivity index (χ1n) is 9.02. The molecule has 0 spiro atoms. The van der Waals surface area contributed by atoms with Gasteiger partial charge in [0.1, 0.15) is 11.7 Å². The molecule has 3 atom stereocenters. The number of hydrogen-bond acceptors (Lipinski definition) is 7. The van der Waals surface area contributed by atoms with Gasteiger partial charge in [-0.15, -0.1) is 0 Å². The van der Waals surface area contributed by atoms with Gasteiger partial charge in [-0.05, 0) is 31.2 Å². The number of nitrogens with zero attached hydrogens (tertiary/aromatic N) is 1. The molecule has 2 fully saturated rings. The van der Waals surface area contributed by atoms with Gasteiger partial charge in [-0.3, -0.25) is 4.90 Å². The highest BCUT2D eigenvalue weighted by Gasteiger charge is 2.48. The molecular formula is C20H17NO6. The fourth-order valence-electron chi connectivity index (χ4n) is 4.60. The maximum Gasteiger partial charge on any atom is 0.343 e. The Labute approximate surface area is 155 Å². The third-order valence-electron chi connectivity index (χ3n) is 5.89. The number of piperidine rings is 1. The molecule has 1 aromatic carbocycles. The lowest BCUT2D eigenvalue weighted by atomic mass is 9.78. The Hall–Kier alpha value is -2.89. The number of esters is 1. The van der Waals surface area contributed by atoms with Crippen LogP contribution < -0.4 is 9.47 Å². The minimum absolute atomic E-state index is 0.0402. The maximum atomic E-state index is 12.7. The van der Waals surface area contributed by atoms with Gasteiger partial charge in [-0.2, -0.15) is 0 Å². The zero-order chi connectivity index (χ0) is 18.1. The zero-order valence-corrected chi connectivity index (χ0v) is 14.7. The second-order valence-corrected chi connectivity index (χ2v) is 7.25. The van der Waals surface area contributed by atoms with E-state index >= 15 is 0 Å². The quantitative estimate of drug-likeness (QED) is 0.557. The molecule has 1 aliphatic carbocycles. The van der Waals surface area contributed by atoms with Crippen LogP contribution in [-0.4, -0.2) is 44.1 Å². The van der Waals surface area contributed by atoms with E-state index in [0.29, 0.717) is 22.8 Å². The SMILES string of the molecule is CN1CCC2=C=C3OCOC3=CC2[C@H]1[C@@H]1OC(=O)c2c1ccc1c2OCO1. The highest BCUT2D eigenvalue weighted by Crippen LogP contribution is 2.49. The number of likely N-dealkylation sites (N-methyl/N-ethyl adjacent to an activating group) is 1. The van der Waals surface area contributed by atoms with Crippen molar-refractivity contribution in [3.63, 3.8) is 0 Å². The Kier molecular flexibility index (Phi) is 2.99. The number of cyclic esters (lactones) is 1. The summed E-state index contributed by atoms with van der Waals surface area (Å²) in [6.45, 7) is 1.20. The van der Waals surface area contributed by atoms with Crippen LogP contribution in [0.1, 0.15) is 28.4 Å². The molecule has 2 saturated heterocycles. The average molecular weight is 367 g/mol. The van der Waals surface area contributed by atoms with Crippen LogP contribution >= 0.6 is 0 Å². The van der Waals surface area contributed by atoms with Crippen LogP contribution in [0.3, 0.4) is 0 Å². The Balaban J connectivity index is 1.46. The van der Waals surface area contributed by atoms with Crippen molar-refractivity contribution in [2.24, 2.45) is 5.92 Å². The van der Waals surface area contributed by atoms with Gasteiger partial charge in [0.25, 0.3) is 0 Å². The first-order chi connectivity index (χ1) is 13.2. The lowest BCUT2D eigenvalue weighted by Crippen LogP contribution is -2.47. The van der Waals surface area contributed by atoms with E-state index < -0.39 is 6.10 Å². The van der Waals surface area contributed by atoms with Crippen molar-refractivity contribution in [3.8, 4) is 11.5 Å². The van der Waals surface area contributed by atoms with Crippen molar-refractivity contribution < 1.29 is 28.5 Å². The van der Waals surface area contributed by atoms with Gasteiger partial charge in [0.05, 0.1) is 6.04 Å². The molecule has 0 saturated carbocycles. The Bertz CT molecular complexity index is 973. The molecule has 1 aromatic rings.